The lowest BCUT2D eigenvalue weighted by Crippen LogP contribution is -2.20. The van der Waals surface area contributed by atoms with Crippen molar-refractivity contribution >= 4 is 62.9 Å². The van der Waals surface area contributed by atoms with E-state index < -0.39 is 5.56 Å². The second kappa shape index (κ2) is 12.0. The van der Waals surface area contributed by atoms with Crippen molar-refractivity contribution in [2.24, 2.45) is 5.10 Å². The maximum absolute atomic E-state index is 13.8. The number of aromatic nitrogens is 2. The van der Waals surface area contributed by atoms with E-state index >= 15 is 0 Å². The molecule has 0 aliphatic rings. The van der Waals surface area contributed by atoms with Crippen molar-refractivity contribution in [3.05, 3.63) is 115 Å². The predicted octanol–water partition coefficient (Wildman–Crippen LogP) is 8.25. The van der Waals surface area contributed by atoms with Crippen molar-refractivity contribution in [2.45, 2.75) is 6.61 Å². The summed E-state index contributed by atoms with van der Waals surface area (Å²) in [6, 6.07) is 22.6. The van der Waals surface area contributed by atoms with E-state index in [1.165, 1.54) is 18.0 Å². The topological polar surface area (TPSA) is 88.1 Å². The molecule has 0 amide bonds. The van der Waals surface area contributed by atoms with Gasteiger partial charge in [-0.05, 0) is 48.5 Å². The molecule has 2 aromatic heterocycles. The maximum atomic E-state index is 13.8. The van der Waals surface area contributed by atoms with Crippen molar-refractivity contribution < 1.29 is 18.6 Å². The molecule has 0 saturated carbocycles. The van der Waals surface area contributed by atoms with Crippen LogP contribution in [0.5, 0.6) is 17.2 Å². The molecular weight excluding hydrogens is 613 g/mol. The summed E-state index contributed by atoms with van der Waals surface area (Å²) in [5.41, 5.74) is 1.84. The number of rotatable bonds is 8. The van der Waals surface area contributed by atoms with Crippen LogP contribution < -0.4 is 19.8 Å². The third-order valence-electron chi connectivity index (χ3n) is 6.68. The van der Waals surface area contributed by atoms with Gasteiger partial charge in [0.2, 0.25) is 5.82 Å². The van der Waals surface area contributed by atoms with Gasteiger partial charge < -0.3 is 18.6 Å². The van der Waals surface area contributed by atoms with Crippen LogP contribution >= 0.6 is 34.8 Å². The Balaban J connectivity index is 1.48. The summed E-state index contributed by atoms with van der Waals surface area (Å²) in [6.45, 7) is 0.110. The molecule has 8 nitrogen and oxygen atoms in total. The number of methoxy groups -OCH3 is 2. The van der Waals surface area contributed by atoms with Gasteiger partial charge >= 0.3 is 0 Å². The van der Waals surface area contributed by atoms with Crippen molar-refractivity contribution in [2.75, 3.05) is 14.2 Å². The zero-order valence-electron chi connectivity index (χ0n) is 22.8. The fraction of sp³-hybridized carbons (Fsp3) is 0.0938. The van der Waals surface area contributed by atoms with Gasteiger partial charge in [-0.1, -0.05) is 59.1 Å². The van der Waals surface area contributed by atoms with E-state index in [0.717, 1.165) is 5.39 Å². The molecule has 2 heterocycles. The van der Waals surface area contributed by atoms with Gasteiger partial charge in [0, 0.05) is 32.3 Å². The van der Waals surface area contributed by atoms with Gasteiger partial charge in [0.1, 0.15) is 17.9 Å². The standard InChI is InChI=1S/C32H22Cl3N3O5/c1-40-26-8-5-9-27-23(26)15-29(43-27)31-37-25-7-4-3-6-22(25)32(39)38(31)36-16-19-12-21(34)14-28(41-2)30(19)42-17-18-10-11-20(33)13-24(18)35/h3-16H,17H2,1-2H3. The SMILES string of the molecule is COc1cc(Cl)cc(C=Nn2c(-c3cc4c(OC)cccc4o3)nc3ccccc3c2=O)c1OCc1ccc(Cl)cc1Cl. The highest BCUT2D eigenvalue weighted by Gasteiger charge is 2.19. The summed E-state index contributed by atoms with van der Waals surface area (Å²) < 4.78 is 24.5. The van der Waals surface area contributed by atoms with Gasteiger partial charge in [-0.2, -0.15) is 9.78 Å². The van der Waals surface area contributed by atoms with E-state index in [-0.39, 0.29) is 12.4 Å². The normalized spacial score (nSPS) is 11.5. The fourth-order valence-electron chi connectivity index (χ4n) is 4.61. The minimum Gasteiger partial charge on any atom is -0.496 e. The Morgan fingerprint density at radius 1 is 0.884 bits per heavy atom. The smallest absolute Gasteiger partial charge is 0.282 e. The first-order chi connectivity index (χ1) is 20.9. The maximum Gasteiger partial charge on any atom is 0.282 e. The Hall–Kier alpha value is -4.50. The second-order valence-electron chi connectivity index (χ2n) is 9.35. The van der Waals surface area contributed by atoms with E-state index in [1.54, 1.807) is 61.7 Å². The van der Waals surface area contributed by atoms with Gasteiger partial charge in [0.25, 0.3) is 5.56 Å². The molecule has 0 saturated heterocycles. The van der Waals surface area contributed by atoms with Crippen LogP contribution in [0.15, 0.2) is 93.2 Å². The van der Waals surface area contributed by atoms with Gasteiger partial charge in [0.15, 0.2) is 17.3 Å². The van der Waals surface area contributed by atoms with Crippen LogP contribution in [-0.2, 0) is 6.61 Å². The number of hydrogen-bond donors (Lipinski definition) is 0. The Morgan fingerprint density at radius 2 is 1.70 bits per heavy atom. The highest BCUT2D eigenvalue weighted by Crippen LogP contribution is 2.36. The summed E-state index contributed by atoms with van der Waals surface area (Å²) in [4.78, 5) is 18.5. The molecular formula is C32H22Cl3N3O5. The number of furan rings is 1. The average Bonchev–Trinajstić information content (AvgIpc) is 3.45. The number of fused-ring (bicyclic) bond motifs is 2. The molecule has 0 aliphatic carbocycles. The molecule has 6 aromatic rings. The first-order valence-electron chi connectivity index (χ1n) is 12.9. The number of para-hydroxylation sites is 1. The van der Waals surface area contributed by atoms with E-state index in [4.69, 9.17) is 58.4 Å². The number of ether oxygens (including phenoxy) is 3. The van der Waals surface area contributed by atoms with Crippen LogP contribution in [0, 0.1) is 0 Å². The minimum absolute atomic E-state index is 0.110. The average molecular weight is 635 g/mol. The van der Waals surface area contributed by atoms with Crippen molar-refractivity contribution in [3.63, 3.8) is 0 Å². The lowest BCUT2D eigenvalue weighted by atomic mass is 10.2. The van der Waals surface area contributed by atoms with Crippen LogP contribution in [0.3, 0.4) is 0 Å². The van der Waals surface area contributed by atoms with Gasteiger partial charge in [-0.15, -0.1) is 0 Å². The van der Waals surface area contributed by atoms with E-state index in [9.17, 15) is 4.79 Å². The van der Waals surface area contributed by atoms with Crippen molar-refractivity contribution in [1.82, 2.24) is 9.66 Å². The van der Waals surface area contributed by atoms with Crippen LogP contribution in [0.4, 0.5) is 0 Å². The number of hydrogen-bond acceptors (Lipinski definition) is 7. The Morgan fingerprint density at radius 3 is 2.49 bits per heavy atom. The fourth-order valence-corrected chi connectivity index (χ4v) is 5.29. The van der Waals surface area contributed by atoms with Crippen LogP contribution in [-0.4, -0.2) is 30.1 Å². The van der Waals surface area contributed by atoms with Crippen molar-refractivity contribution in [3.8, 4) is 28.8 Å². The summed E-state index contributed by atoms with van der Waals surface area (Å²) in [5, 5.41) is 7.03. The summed E-state index contributed by atoms with van der Waals surface area (Å²) in [5.74, 6) is 1.87. The molecule has 0 unspecified atom stereocenters. The minimum atomic E-state index is -0.395. The number of halogens is 3. The third kappa shape index (κ3) is 5.64. The predicted molar refractivity (Wildman–Crippen MR) is 170 cm³/mol. The molecule has 216 valence electrons. The molecule has 0 aliphatic heterocycles. The molecule has 11 heteroatoms. The van der Waals surface area contributed by atoms with Crippen LogP contribution in [0.25, 0.3) is 33.5 Å². The Kier molecular flexibility index (Phi) is 7.99. The first kappa shape index (κ1) is 28.6. The lowest BCUT2D eigenvalue weighted by Gasteiger charge is -2.15. The Bertz CT molecular complexity index is 2090. The molecule has 4 aromatic carbocycles. The summed E-state index contributed by atoms with van der Waals surface area (Å²) in [6.07, 6.45) is 1.46. The highest BCUT2D eigenvalue weighted by atomic mass is 35.5. The monoisotopic (exact) mass is 633 g/mol. The van der Waals surface area contributed by atoms with Crippen LogP contribution in [0.1, 0.15) is 11.1 Å². The van der Waals surface area contributed by atoms with Crippen molar-refractivity contribution in [1.29, 1.82) is 0 Å². The second-order valence-corrected chi connectivity index (χ2v) is 10.6. The molecule has 0 N–H and O–H groups in total. The molecule has 43 heavy (non-hydrogen) atoms. The van der Waals surface area contributed by atoms with Crippen LogP contribution in [0.2, 0.25) is 15.1 Å². The molecule has 0 spiro atoms. The summed E-state index contributed by atoms with van der Waals surface area (Å²) >= 11 is 18.8. The largest absolute Gasteiger partial charge is 0.496 e. The third-order valence-corrected chi connectivity index (χ3v) is 7.49. The lowest BCUT2D eigenvalue weighted by molar-refractivity contribution is 0.284. The van der Waals surface area contributed by atoms with E-state index in [0.29, 0.717) is 65.7 Å². The zero-order valence-corrected chi connectivity index (χ0v) is 25.1. The van der Waals surface area contributed by atoms with Gasteiger partial charge in [0.05, 0.1) is 36.7 Å². The first-order valence-corrected chi connectivity index (χ1v) is 14.1. The molecule has 0 bridgehead atoms. The quantitative estimate of drug-likeness (QED) is 0.157. The summed E-state index contributed by atoms with van der Waals surface area (Å²) in [7, 11) is 3.08. The zero-order chi connectivity index (χ0) is 30.1. The highest BCUT2D eigenvalue weighted by molar-refractivity contribution is 6.35. The molecule has 6 rings (SSSR count). The van der Waals surface area contributed by atoms with Gasteiger partial charge in [-0.25, -0.2) is 4.98 Å². The van der Waals surface area contributed by atoms with E-state index in [1.807, 2.05) is 24.3 Å². The molecule has 0 atom stereocenters. The number of benzene rings is 4. The van der Waals surface area contributed by atoms with Gasteiger partial charge in [-0.3, -0.25) is 4.79 Å². The number of nitrogens with zero attached hydrogens (tertiary/aromatic N) is 3. The Labute approximate surface area is 260 Å². The molecule has 0 fully saturated rings. The molecule has 0 radical (unpaired) electrons. The van der Waals surface area contributed by atoms with E-state index in [2.05, 4.69) is 5.10 Å².